The molecular formula is C23H28N4O2. The van der Waals surface area contributed by atoms with Crippen LogP contribution in [0.1, 0.15) is 36.6 Å². The molecule has 0 atom stereocenters. The third-order valence-corrected chi connectivity index (χ3v) is 5.98. The van der Waals surface area contributed by atoms with Crippen molar-refractivity contribution in [3.8, 4) is 11.5 Å². The summed E-state index contributed by atoms with van der Waals surface area (Å²) >= 11 is 0. The Bertz CT molecular complexity index is 1010. The van der Waals surface area contributed by atoms with Crippen LogP contribution in [0.15, 0.2) is 36.5 Å². The highest BCUT2D eigenvalue weighted by Crippen LogP contribution is 2.33. The van der Waals surface area contributed by atoms with Gasteiger partial charge in [0, 0.05) is 56.5 Å². The Morgan fingerprint density at radius 3 is 2.55 bits per heavy atom. The van der Waals surface area contributed by atoms with Gasteiger partial charge in [-0.15, -0.1) is 0 Å². The molecule has 0 spiro atoms. The molecule has 1 saturated heterocycles. The van der Waals surface area contributed by atoms with E-state index < -0.39 is 0 Å². The van der Waals surface area contributed by atoms with Crippen LogP contribution in [0.4, 0.5) is 0 Å². The monoisotopic (exact) mass is 392 g/mol. The van der Waals surface area contributed by atoms with Crippen LogP contribution in [0.5, 0.6) is 11.5 Å². The predicted molar refractivity (Wildman–Crippen MR) is 113 cm³/mol. The molecule has 2 aliphatic heterocycles. The number of nitrogens with one attached hydrogen (secondary N) is 1. The van der Waals surface area contributed by atoms with Crippen LogP contribution in [0.3, 0.4) is 0 Å². The van der Waals surface area contributed by atoms with Gasteiger partial charge in [0.2, 0.25) is 6.79 Å². The number of hydrogen-bond donors (Lipinski definition) is 1. The number of fused-ring (bicyclic) bond motifs is 2. The lowest BCUT2D eigenvalue weighted by atomic mass is 10.0. The number of H-pyrrole nitrogens is 1. The molecule has 6 nitrogen and oxygen atoms in total. The Morgan fingerprint density at radius 2 is 1.76 bits per heavy atom. The SMILES string of the molecule is CC(C)c1[nH]c2ncccc2c1CN1CCN(Cc2ccc3c(c2)OCO3)CC1. The average molecular weight is 393 g/mol. The van der Waals surface area contributed by atoms with Gasteiger partial charge in [0.05, 0.1) is 0 Å². The molecule has 152 valence electrons. The highest BCUT2D eigenvalue weighted by molar-refractivity contribution is 5.81. The summed E-state index contributed by atoms with van der Waals surface area (Å²) in [7, 11) is 0. The van der Waals surface area contributed by atoms with Crippen molar-refractivity contribution in [3.05, 3.63) is 53.3 Å². The van der Waals surface area contributed by atoms with Gasteiger partial charge in [0.25, 0.3) is 0 Å². The second-order valence-corrected chi connectivity index (χ2v) is 8.31. The first kappa shape index (κ1) is 18.5. The summed E-state index contributed by atoms with van der Waals surface area (Å²) in [5.41, 5.74) is 5.02. The van der Waals surface area contributed by atoms with Crippen molar-refractivity contribution in [2.45, 2.75) is 32.9 Å². The molecule has 3 aromatic rings. The number of rotatable bonds is 5. The zero-order valence-electron chi connectivity index (χ0n) is 17.1. The van der Waals surface area contributed by atoms with E-state index in [9.17, 15) is 0 Å². The van der Waals surface area contributed by atoms with Gasteiger partial charge in [0.1, 0.15) is 5.65 Å². The van der Waals surface area contributed by atoms with E-state index in [4.69, 9.17) is 9.47 Å². The lowest BCUT2D eigenvalue weighted by molar-refractivity contribution is 0.122. The second kappa shape index (κ2) is 7.69. The Kier molecular flexibility index (Phi) is 4.89. The van der Waals surface area contributed by atoms with Crippen LogP contribution in [0.2, 0.25) is 0 Å². The summed E-state index contributed by atoms with van der Waals surface area (Å²) in [6.45, 7) is 11.1. The highest BCUT2D eigenvalue weighted by Gasteiger charge is 2.22. The number of nitrogens with zero attached hydrogens (tertiary/aromatic N) is 3. The van der Waals surface area contributed by atoms with Crippen molar-refractivity contribution in [2.75, 3.05) is 33.0 Å². The van der Waals surface area contributed by atoms with Crippen molar-refractivity contribution in [2.24, 2.45) is 0 Å². The van der Waals surface area contributed by atoms with Crippen LogP contribution >= 0.6 is 0 Å². The predicted octanol–water partition coefficient (Wildman–Crippen LogP) is 3.73. The lowest BCUT2D eigenvalue weighted by Gasteiger charge is -2.35. The standard InChI is InChI=1S/C23H28N4O2/c1-16(2)22-19(18-4-3-7-24-23(18)25-22)14-27-10-8-26(9-11-27)13-17-5-6-20-21(12-17)29-15-28-20/h3-7,12,16H,8-11,13-15H2,1-2H3,(H,24,25). The molecule has 0 radical (unpaired) electrons. The van der Waals surface area contributed by atoms with E-state index in [-0.39, 0.29) is 0 Å². The minimum atomic E-state index is 0.333. The molecule has 2 aliphatic rings. The van der Waals surface area contributed by atoms with E-state index in [1.807, 2.05) is 18.3 Å². The van der Waals surface area contributed by atoms with Crippen LogP contribution in [0.25, 0.3) is 11.0 Å². The number of hydrogen-bond acceptors (Lipinski definition) is 5. The molecule has 0 aliphatic carbocycles. The fourth-order valence-corrected chi connectivity index (χ4v) is 4.39. The number of aromatic nitrogens is 2. The van der Waals surface area contributed by atoms with Gasteiger partial charge in [0.15, 0.2) is 11.5 Å². The quantitative estimate of drug-likeness (QED) is 0.717. The van der Waals surface area contributed by atoms with E-state index in [1.54, 1.807) is 0 Å². The molecule has 6 heteroatoms. The van der Waals surface area contributed by atoms with Gasteiger partial charge < -0.3 is 14.5 Å². The maximum atomic E-state index is 5.51. The number of benzene rings is 1. The Labute approximate surface area is 171 Å². The van der Waals surface area contributed by atoms with Gasteiger partial charge in [-0.3, -0.25) is 9.80 Å². The van der Waals surface area contributed by atoms with E-state index in [0.29, 0.717) is 12.7 Å². The number of pyridine rings is 1. The topological polar surface area (TPSA) is 53.6 Å². The summed E-state index contributed by atoms with van der Waals surface area (Å²) in [5.74, 6) is 2.19. The normalized spacial score (nSPS) is 17.5. The molecule has 0 bridgehead atoms. The van der Waals surface area contributed by atoms with E-state index >= 15 is 0 Å². The first-order chi connectivity index (χ1) is 14.2. The molecular weight excluding hydrogens is 364 g/mol. The van der Waals surface area contributed by atoms with Crippen molar-refractivity contribution >= 4 is 11.0 Å². The minimum Gasteiger partial charge on any atom is -0.454 e. The molecule has 0 unspecified atom stereocenters. The smallest absolute Gasteiger partial charge is 0.231 e. The van der Waals surface area contributed by atoms with Crippen molar-refractivity contribution in [1.82, 2.24) is 19.8 Å². The third kappa shape index (κ3) is 3.70. The van der Waals surface area contributed by atoms with E-state index in [0.717, 1.165) is 56.4 Å². The van der Waals surface area contributed by atoms with Gasteiger partial charge in [-0.05, 0) is 41.3 Å². The summed E-state index contributed by atoms with van der Waals surface area (Å²) in [6.07, 6.45) is 1.86. The number of aromatic amines is 1. The molecule has 1 fully saturated rings. The Morgan fingerprint density at radius 1 is 1.00 bits per heavy atom. The molecule has 5 rings (SSSR count). The number of ether oxygens (including phenoxy) is 2. The molecule has 1 aromatic carbocycles. The van der Waals surface area contributed by atoms with E-state index in [1.165, 1.54) is 22.2 Å². The first-order valence-corrected chi connectivity index (χ1v) is 10.5. The van der Waals surface area contributed by atoms with E-state index in [2.05, 4.69) is 51.8 Å². The molecule has 0 saturated carbocycles. The molecule has 29 heavy (non-hydrogen) atoms. The Hall–Kier alpha value is -2.57. The summed E-state index contributed by atoms with van der Waals surface area (Å²) in [5, 5.41) is 1.26. The zero-order valence-corrected chi connectivity index (χ0v) is 17.1. The van der Waals surface area contributed by atoms with Gasteiger partial charge in [-0.1, -0.05) is 19.9 Å². The lowest BCUT2D eigenvalue weighted by Crippen LogP contribution is -2.45. The van der Waals surface area contributed by atoms with Crippen LogP contribution < -0.4 is 9.47 Å². The minimum absolute atomic E-state index is 0.333. The largest absolute Gasteiger partial charge is 0.454 e. The maximum absolute atomic E-state index is 5.51. The van der Waals surface area contributed by atoms with Gasteiger partial charge in [-0.2, -0.15) is 0 Å². The van der Waals surface area contributed by atoms with Crippen LogP contribution in [-0.2, 0) is 13.1 Å². The van der Waals surface area contributed by atoms with Gasteiger partial charge in [-0.25, -0.2) is 4.98 Å². The summed E-state index contributed by atoms with van der Waals surface area (Å²) in [4.78, 5) is 13.2. The zero-order chi connectivity index (χ0) is 19.8. The average Bonchev–Trinajstić information content (AvgIpc) is 3.34. The summed E-state index contributed by atoms with van der Waals surface area (Å²) in [6, 6.07) is 10.5. The molecule has 2 aromatic heterocycles. The second-order valence-electron chi connectivity index (χ2n) is 8.31. The highest BCUT2D eigenvalue weighted by atomic mass is 16.7. The fourth-order valence-electron chi connectivity index (χ4n) is 4.39. The van der Waals surface area contributed by atoms with Crippen molar-refractivity contribution in [1.29, 1.82) is 0 Å². The molecule has 1 N–H and O–H groups in total. The maximum Gasteiger partial charge on any atom is 0.231 e. The Balaban J connectivity index is 1.24. The summed E-state index contributed by atoms with van der Waals surface area (Å²) < 4.78 is 10.9. The number of piperazine rings is 1. The molecule has 4 heterocycles. The van der Waals surface area contributed by atoms with Crippen LogP contribution in [-0.4, -0.2) is 52.7 Å². The van der Waals surface area contributed by atoms with Crippen molar-refractivity contribution in [3.63, 3.8) is 0 Å². The van der Waals surface area contributed by atoms with Crippen LogP contribution in [0, 0.1) is 0 Å². The first-order valence-electron chi connectivity index (χ1n) is 10.5. The van der Waals surface area contributed by atoms with Gasteiger partial charge >= 0.3 is 0 Å². The molecule has 0 amide bonds. The third-order valence-electron chi connectivity index (χ3n) is 5.98. The van der Waals surface area contributed by atoms with Crippen molar-refractivity contribution < 1.29 is 9.47 Å². The fraction of sp³-hybridized carbons (Fsp3) is 0.435.